The van der Waals surface area contributed by atoms with Crippen LogP contribution in [0.1, 0.15) is 0 Å². The molecule has 37 heavy (non-hydrogen) atoms. The number of amides is 2. The molecule has 0 saturated carbocycles. The van der Waals surface area contributed by atoms with Gasteiger partial charge in [-0.2, -0.15) is 0 Å². The average Bonchev–Trinajstić information content (AvgIpc) is 2.96. The molecule has 6 aromatic rings. The fourth-order valence-electron chi connectivity index (χ4n) is 6.28. The molecule has 0 unspecified atom stereocenters. The van der Waals surface area contributed by atoms with Gasteiger partial charge in [0.25, 0.3) is 0 Å². The van der Waals surface area contributed by atoms with Gasteiger partial charge in [0, 0.05) is 16.5 Å². The molecule has 0 saturated heterocycles. The van der Waals surface area contributed by atoms with E-state index in [4.69, 9.17) is 0 Å². The number of para-hydroxylation sites is 1. The zero-order chi connectivity index (χ0) is 24.5. The van der Waals surface area contributed by atoms with E-state index in [1.165, 1.54) is 5.46 Å². The van der Waals surface area contributed by atoms with Gasteiger partial charge in [-0.15, -0.1) is 0 Å². The molecule has 0 bridgehead atoms. The third kappa shape index (κ3) is 2.75. The summed E-state index contributed by atoms with van der Waals surface area (Å²) in [4.78, 5) is 18.5. The second-order valence-electron chi connectivity index (χ2n) is 9.73. The lowest BCUT2D eigenvalue weighted by molar-refractivity contribution is 0.255. The normalized spacial score (nSPS) is 13.8. The molecule has 2 amide bonds. The Balaban J connectivity index is 1.50. The summed E-state index contributed by atoms with van der Waals surface area (Å²) >= 11 is 0. The lowest BCUT2D eigenvalue weighted by Gasteiger charge is -2.43. The maximum atomic E-state index is 14.6. The molecule has 3 nitrogen and oxygen atoms in total. The van der Waals surface area contributed by atoms with Gasteiger partial charge >= 0.3 is 6.03 Å². The molecule has 0 fully saturated rings. The Labute approximate surface area is 215 Å². The highest BCUT2D eigenvalue weighted by atomic mass is 16.2. The van der Waals surface area contributed by atoms with Crippen LogP contribution in [0.25, 0.3) is 21.5 Å². The predicted octanol–water partition coefficient (Wildman–Crippen LogP) is 6.23. The Morgan fingerprint density at radius 2 is 1.16 bits per heavy atom. The van der Waals surface area contributed by atoms with Crippen LogP contribution in [0, 0.1) is 0 Å². The maximum Gasteiger partial charge on any atom is 0.338 e. The Hall–Kier alpha value is -4.83. The van der Waals surface area contributed by atoms with Crippen LogP contribution >= 0.6 is 0 Å². The summed E-state index contributed by atoms with van der Waals surface area (Å²) in [6.45, 7) is 0.0537. The standard InChI is InChI=1S/C33H21BN2O/c37-33-35(28-18-8-11-22-10-4-5-15-25(22)28)30-19-9-12-23-20-21-27-32(31(23)30)36(33)29-17-7-6-16-26(29)34(27)24-13-2-1-3-14-24/h1-21H. The number of rotatable bonds is 2. The van der Waals surface area contributed by atoms with Crippen molar-refractivity contribution in [2.75, 3.05) is 9.80 Å². The van der Waals surface area contributed by atoms with E-state index in [0.29, 0.717) is 0 Å². The smallest absolute Gasteiger partial charge is 0.263 e. The SMILES string of the molecule is O=C1N(c2cccc3ccccc23)c2cccc3ccc4c(c23)N1c1ccccc1B4c1ccccc1. The van der Waals surface area contributed by atoms with Crippen molar-refractivity contribution in [1.29, 1.82) is 0 Å². The van der Waals surface area contributed by atoms with E-state index in [0.717, 1.165) is 55.2 Å². The number of urea groups is 1. The Kier molecular flexibility index (Phi) is 4.18. The highest BCUT2D eigenvalue weighted by molar-refractivity contribution is 6.98. The first-order valence-corrected chi connectivity index (χ1v) is 12.6. The van der Waals surface area contributed by atoms with Gasteiger partial charge in [-0.1, -0.05) is 115 Å². The third-order valence-electron chi connectivity index (χ3n) is 7.81. The lowest BCUT2D eigenvalue weighted by atomic mass is 9.35. The summed E-state index contributed by atoms with van der Waals surface area (Å²) in [5.74, 6) is 0. The third-order valence-corrected chi connectivity index (χ3v) is 7.81. The highest BCUT2D eigenvalue weighted by Gasteiger charge is 2.43. The number of benzene rings is 6. The topological polar surface area (TPSA) is 23.6 Å². The molecule has 0 aromatic heterocycles. The molecule has 0 N–H and O–H groups in total. The van der Waals surface area contributed by atoms with Gasteiger partial charge in [-0.05, 0) is 39.9 Å². The van der Waals surface area contributed by atoms with Crippen molar-refractivity contribution >= 4 is 73.4 Å². The number of anilines is 4. The van der Waals surface area contributed by atoms with Gasteiger partial charge in [-0.3, -0.25) is 9.80 Å². The van der Waals surface area contributed by atoms with Crippen LogP contribution < -0.4 is 26.2 Å². The number of hydrogen-bond acceptors (Lipinski definition) is 1. The van der Waals surface area contributed by atoms with Crippen LogP contribution in [0.5, 0.6) is 0 Å². The molecule has 0 spiro atoms. The fraction of sp³-hybridized carbons (Fsp3) is 0. The first-order valence-electron chi connectivity index (χ1n) is 12.6. The van der Waals surface area contributed by atoms with Crippen LogP contribution in [0.15, 0.2) is 127 Å². The van der Waals surface area contributed by atoms with E-state index >= 15 is 0 Å². The summed E-state index contributed by atoms with van der Waals surface area (Å²) < 4.78 is 0. The number of nitrogens with zero attached hydrogens (tertiary/aromatic N) is 2. The number of carbonyl (C=O) groups is 1. The summed E-state index contributed by atoms with van der Waals surface area (Å²) in [6.07, 6.45) is 0. The van der Waals surface area contributed by atoms with Crippen molar-refractivity contribution in [3.63, 3.8) is 0 Å². The van der Waals surface area contributed by atoms with Crippen LogP contribution in [0.3, 0.4) is 0 Å². The van der Waals surface area contributed by atoms with E-state index in [2.05, 4.69) is 103 Å². The van der Waals surface area contributed by atoms with E-state index in [1.54, 1.807) is 0 Å². The van der Waals surface area contributed by atoms with Crippen molar-refractivity contribution in [2.24, 2.45) is 0 Å². The lowest BCUT2D eigenvalue weighted by Crippen LogP contribution is -2.60. The van der Waals surface area contributed by atoms with E-state index in [9.17, 15) is 4.79 Å². The average molecular weight is 472 g/mol. The molecule has 0 atom stereocenters. The van der Waals surface area contributed by atoms with Crippen LogP contribution in [-0.2, 0) is 0 Å². The van der Waals surface area contributed by atoms with Gasteiger partial charge in [0.15, 0.2) is 0 Å². The summed E-state index contributed by atoms with van der Waals surface area (Å²) in [5.41, 5.74) is 7.31. The number of fused-ring (bicyclic) bond motifs is 3. The van der Waals surface area contributed by atoms with E-state index in [1.807, 2.05) is 34.1 Å². The van der Waals surface area contributed by atoms with Crippen molar-refractivity contribution in [3.05, 3.63) is 127 Å². The summed E-state index contributed by atoms with van der Waals surface area (Å²) in [6, 6.07) is 44.1. The van der Waals surface area contributed by atoms with Crippen molar-refractivity contribution in [3.8, 4) is 0 Å². The van der Waals surface area contributed by atoms with Gasteiger partial charge in [0.2, 0.25) is 6.71 Å². The zero-order valence-electron chi connectivity index (χ0n) is 20.0. The zero-order valence-corrected chi connectivity index (χ0v) is 20.0. The molecule has 8 rings (SSSR count). The second-order valence-corrected chi connectivity index (χ2v) is 9.73. The van der Waals surface area contributed by atoms with Gasteiger partial charge in [-0.25, -0.2) is 4.79 Å². The molecule has 172 valence electrons. The Morgan fingerprint density at radius 3 is 2.05 bits per heavy atom. The first-order chi connectivity index (χ1) is 18.3. The molecule has 2 aliphatic heterocycles. The first kappa shape index (κ1) is 20.4. The molecule has 2 aliphatic rings. The predicted molar refractivity (Wildman–Crippen MR) is 155 cm³/mol. The van der Waals surface area contributed by atoms with Crippen LogP contribution in [-0.4, -0.2) is 12.7 Å². The van der Waals surface area contributed by atoms with Gasteiger partial charge in [0.05, 0.1) is 17.1 Å². The van der Waals surface area contributed by atoms with E-state index in [-0.39, 0.29) is 12.7 Å². The second kappa shape index (κ2) is 7.58. The molecule has 6 aromatic carbocycles. The van der Waals surface area contributed by atoms with Crippen molar-refractivity contribution in [2.45, 2.75) is 0 Å². The maximum absolute atomic E-state index is 14.6. The Bertz CT molecular complexity index is 1880. The summed E-state index contributed by atoms with van der Waals surface area (Å²) in [7, 11) is 0. The molecule has 0 radical (unpaired) electrons. The minimum absolute atomic E-state index is 0.0530. The monoisotopic (exact) mass is 472 g/mol. The highest BCUT2D eigenvalue weighted by Crippen LogP contribution is 2.47. The minimum Gasteiger partial charge on any atom is -0.263 e. The van der Waals surface area contributed by atoms with Crippen LogP contribution in [0.4, 0.5) is 27.5 Å². The number of hydrogen-bond donors (Lipinski definition) is 0. The molecule has 2 heterocycles. The molecule has 4 heteroatoms. The summed E-state index contributed by atoms with van der Waals surface area (Å²) in [5, 5.41) is 4.42. The molecule has 0 aliphatic carbocycles. The van der Waals surface area contributed by atoms with Crippen LogP contribution in [0.2, 0.25) is 0 Å². The van der Waals surface area contributed by atoms with Crippen molar-refractivity contribution in [1.82, 2.24) is 0 Å². The Morgan fingerprint density at radius 1 is 0.486 bits per heavy atom. The quantitative estimate of drug-likeness (QED) is 0.274. The minimum atomic E-state index is -0.0530. The molecular weight excluding hydrogens is 451 g/mol. The van der Waals surface area contributed by atoms with E-state index < -0.39 is 0 Å². The largest absolute Gasteiger partial charge is 0.338 e. The number of carbonyl (C=O) groups excluding carboxylic acids is 1. The fourth-order valence-corrected chi connectivity index (χ4v) is 6.28. The van der Waals surface area contributed by atoms with Crippen molar-refractivity contribution < 1.29 is 4.79 Å². The molecular formula is C33H21BN2O. The van der Waals surface area contributed by atoms with Gasteiger partial charge in [0.1, 0.15) is 0 Å². The van der Waals surface area contributed by atoms with Gasteiger partial charge < -0.3 is 0 Å².